The maximum absolute atomic E-state index is 13.5. The van der Waals surface area contributed by atoms with E-state index in [1.807, 2.05) is 0 Å². The zero-order chi connectivity index (χ0) is 14.9. The summed E-state index contributed by atoms with van der Waals surface area (Å²) in [6.45, 7) is 1.76. The van der Waals surface area contributed by atoms with E-state index in [9.17, 15) is 12.8 Å². The van der Waals surface area contributed by atoms with Gasteiger partial charge in [-0.3, -0.25) is 4.72 Å². The molecule has 5 nitrogen and oxygen atoms in total. The fraction of sp³-hybridized carbons (Fsp3) is 0.167. The molecular weight excluding hydrogens is 351 g/mol. The van der Waals surface area contributed by atoms with Crippen LogP contribution in [0.3, 0.4) is 0 Å². The number of sulfonamides is 1. The minimum Gasteiger partial charge on any atom is -0.446 e. The van der Waals surface area contributed by atoms with Crippen molar-refractivity contribution >= 4 is 31.6 Å². The molecule has 1 aromatic heterocycles. The van der Waals surface area contributed by atoms with E-state index in [2.05, 4.69) is 20.7 Å². The Bertz CT molecular complexity index is 743. The van der Waals surface area contributed by atoms with Gasteiger partial charge in [-0.15, -0.1) is 0 Å². The number of anilines is 1. The Hall–Kier alpha value is -1.38. The molecule has 0 fully saturated rings. The predicted octanol–water partition coefficient (Wildman–Crippen LogP) is 2.75. The number of hydrogen-bond donors (Lipinski definition) is 2. The lowest BCUT2D eigenvalue weighted by atomic mass is 10.2. The van der Waals surface area contributed by atoms with Crippen molar-refractivity contribution in [2.45, 2.75) is 18.6 Å². The van der Waals surface area contributed by atoms with Crippen LogP contribution < -0.4 is 10.5 Å². The lowest BCUT2D eigenvalue weighted by molar-refractivity contribution is 0.417. The van der Waals surface area contributed by atoms with E-state index >= 15 is 0 Å². The van der Waals surface area contributed by atoms with E-state index in [1.54, 1.807) is 6.92 Å². The summed E-state index contributed by atoms with van der Waals surface area (Å²) in [6.07, 6.45) is 0. The molecule has 0 aliphatic heterocycles. The van der Waals surface area contributed by atoms with Gasteiger partial charge in [-0.05, 0) is 52.7 Å². The summed E-state index contributed by atoms with van der Waals surface area (Å²) in [4.78, 5) is 0. The first kappa shape index (κ1) is 15.0. The third kappa shape index (κ3) is 3.02. The van der Waals surface area contributed by atoms with Crippen LogP contribution in [0.5, 0.6) is 0 Å². The number of rotatable bonds is 4. The first-order valence-corrected chi connectivity index (χ1v) is 7.88. The Morgan fingerprint density at radius 1 is 1.40 bits per heavy atom. The maximum atomic E-state index is 13.5. The Labute approximate surface area is 124 Å². The Morgan fingerprint density at radius 3 is 2.70 bits per heavy atom. The topological polar surface area (TPSA) is 85.3 Å². The summed E-state index contributed by atoms with van der Waals surface area (Å²) in [5.74, 6) is -0.209. The molecule has 1 aromatic carbocycles. The summed E-state index contributed by atoms with van der Waals surface area (Å²) >= 11 is 3.03. The van der Waals surface area contributed by atoms with Gasteiger partial charge >= 0.3 is 0 Å². The summed E-state index contributed by atoms with van der Waals surface area (Å²) in [5, 5.41) is -0.263. The van der Waals surface area contributed by atoms with Crippen molar-refractivity contribution in [3.63, 3.8) is 0 Å². The van der Waals surface area contributed by atoms with Crippen LogP contribution in [0.25, 0.3) is 0 Å². The van der Waals surface area contributed by atoms with E-state index < -0.39 is 15.8 Å². The molecule has 0 saturated heterocycles. The average molecular weight is 363 g/mol. The van der Waals surface area contributed by atoms with E-state index in [4.69, 9.17) is 10.2 Å². The van der Waals surface area contributed by atoms with Crippen molar-refractivity contribution in [3.05, 3.63) is 45.9 Å². The standard InChI is InChI=1S/C12H12BrFN2O3S/c1-7-4-9(13)10(14)5-11(7)16-20(17,18)12-3-2-8(6-15)19-12/h2-5,16H,6,15H2,1H3. The zero-order valence-corrected chi connectivity index (χ0v) is 12.9. The van der Waals surface area contributed by atoms with Crippen LogP contribution in [0.4, 0.5) is 10.1 Å². The Kier molecular flexibility index (Phi) is 4.17. The summed E-state index contributed by atoms with van der Waals surface area (Å²) in [7, 11) is -3.91. The maximum Gasteiger partial charge on any atom is 0.295 e. The van der Waals surface area contributed by atoms with Crippen molar-refractivity contribution in [1.29, 1.82) is 0 Å². The van der Waals surface area contributed by atoms with Crippen LogP contribution >= 0.6 is 15.9 Å². The number of furan rings is 1. The molecule has 0 saturated carbocycles. The summed E-state index contributed by atoms with van der Waals surface area (Å²) < 4.78 is 45.3. The third-order valence-electron chi connectivity index (χ3n) is 2.61. The number of halogens is 2. The van der Waals surface area contributed by atoms with Crippen molar-refractivity contribution in [1.82, 2.24) is 0 Å². The number of nitrogens with two attached hydrogens (primary N) is 1. The molecule has 3 N–H and O–H groups in total. The van der Waals surface area contributed by atoms with Crippen molar-refractivity contribution < 1.29 is 17.2 Å². The predicted molar refractivity (Wildman–Crippen MR) is 76.2 cm³/mol. The molecular formula is C12H12BrFN2O3S. The fourth-order valence-electron chi connectivity index (χ4n) is 1.56. The second-order valence-electron chi connectivity index (χ2n) is 4.11. The molecule has 0 unspecified atom stereocenters. The van der Waals surface area contributed by atoms with E-state index in [0.29, 0.717) is 11.3 Å². The van der Waals surface area contributed by atoms with Crippen LogP contribution in [0.15, 0.2) is 38.2 Å². The molecule has 2 aromatic rings. The fourth-order valence-corrected chi connectivity index (χ4v) is 3.10. The van der Waals surface area contributed by atoms with Gasteiger partial charge in [-0.25, -0.2) is 4.39 Å². The molecule has 0 radical (unpaired) electrons. The zero-order valence-electron chi connectivity index (χ0n) is 10.5. The highest BCUT2D eigenvalue weighted by Crippen LogP contribution is 2.26. The summed E-state index contributed by atoms with van der Waals surface area (Å²) in [6, 6.07) is 5.36. The molecule has 0 atom stereocenters. The van der Waals surface area contributed by atoms with Gasteiger partial charge in [0.05, 0.1) is 16.7 Å². The number of aryl methyl sites for hydroxylation is 1. The smallest absolute Gasteiger partial charge is 0.295 e. The molecule has 1 heterocycles. The largest absolute Gasteiger partial charge is 0.446 e. The lowest BCUT2D eigenvalue weighted by Gasteiger charge is -2.09. The van der Waals surface area contributed by atoms with Gasteiger partial charge in [0.15, 0.2) is 0 Å². The lowest BCUT2D eigenvalue weighted by Crippen LogP contribution is -2.13. The van der Waals surface area contributed by atoms with E-state index in [-0.39, 0.29) is 21.8 Å². The first-order chi connectivity index (χ1) is 9.33. The van der Waals surface area contributed by atoms with Gasteiger partial charge < -0.3 is 10.2 Å². The van der Waals surface area contributed by atoms with Crippen LogP contribution in [0.2, 0.25) is 0 Å². The molecule has 8 heteroatoms. The molecule has 0 spiro atoms. The average Bonchev–Trinajstić information content (AvgIpc) is 2.85. The molecule has 20 heavy (non-hydrogen) atoms. The van der Waals surface area contributed by atoms with Crippen molar-refractivity contribution in [3.8, 4) is 0 Å². The third-order valence-corrected chi connectivity index (χ3v) is 4.46. The van der Waals surface area contributed by atoms with Gasteiger partial charge in [0.1, 0.15) is 11.6 Å². The Balaban J connectivity index is 2.35. The van der Waals surface area contributed by atoms with Crippen molar-refractivity contribution in [2.24, 2.45) is 5.73 Å². The molecule has 0 amide bonds. The molecule has 108 valence electrons. The van der Waals surface area contributed by atoms with Crippen molar-refractivity contribution in [2.75, 3.05) is 4.72 Å². The van der Waals surface area contributed by atoms with Crippen LogP contribution in [-0.4, -0.2) is 8.42 Å². The highest BCUT2D eigenvalue weighted by Gasteiger charge is 2.20. The number of benzene rings is 1. The van der Waals surface area contributed by atoms with E-state index in [0.717, 1.165) is 6.07 Å². The second-order valence-corrected chi connectivity index (χ2v) is 6.58. The number of nitrogens with one attached hydrogen (secondary N) is 1. The normalized spacial score (nSPS) is 11.6. The van der Waals surface area contributed by atoms with E-state index in [1.165, 1.54) is 18.2 Å². The first-order valence-electron chi connectivity index (χ1n) is 5.60. The monoisotopic (exact) mass is 362 g/mol. The van der Waals surface area contributed by atoms with Gasteiger partial charge in [0.25, 0.3) is 10.0 Å². The molecule has 2 rings (SSSR count). The summed E-state index contributed by atoms with van der Waals surface area (Å²) in [5.41, 5.74) is 6.08. The van der Waals surface area contributed by atoms with Crippen LogP contribution in [-0.2, 0) is 16.6 Å². The van der Waals surface area contributed by atoms with Gasteiger partial charge in [-0.2, -0.15) is 8.42 Å². The van der Waals surface area contributed by atoms with Gasteiger partial charge in [0, 0.05) is 0 Å². The highest BCUT2D eigenvalue weighted by atomic mass is 79.9. The Morgan fingerprint density at radius 2 is 2.10 bits per heavy atom. The second kappa shape index (κ2) is 5.55. The SMILES string of the molecule is Cc1cc(Br)c(F)cc1NS(=O)(=O)c1ccc(CN)o1. The quantitative estimate of drug-likeness (QED) is 0.875. The van der Waals surface area contributed by atoms with Crippen LogP contribution in [0, 0.1) is 12.7 Å². The highest BCUT2D eigenvalue weighted by molar-refractivity contribution is 9.10. The van der Waals surface area contributed by atoms with Gasteiger partial charge in [0.2, 0.25) is 5.09 Å². The minimum atomic E-state index is -3.91. The molecule has 0 aliphatic carbocycles. The van der Waals surface area contributed by atoms with Gasteiger partial charge in [-0.1, -0.05) is 0 Å². The molecule has 0 bridgehead atoms. The minimum absolute atomic E-state index is 0.0987. The molecule has 0 aliphatic rings. The number of hydrogen-bond acceptors (Lipinski definition) is 4. The van der Waals surface area contributed by atoms with Crippen LogP contribution in [0.1, 0.15) is 11.3 Å².